The summed E-state index contributed by atoms with van der Waals surface area (Å²) in [4.78, 5) is 15.8. The molecule has 2 rings (SSSR count). The highest BCUT2D eigenvalue weighted by Gasteiger charge is 2.05. The fourth-order valence-corrected chi connectivity index (χ4v) is 1.52. The largest absolute Gasteiger partial charge is 0.484 e. The van der Waals surface area contributed by atoms with E-state index in [9.17, 15) is 4.79 Å². The highest BCUT2D eigenvalue weighted by molar-refractivity contribution is 5.92. The zero-order chi connectivity index (χ0) is 13.7. The van der Waals surface area contributed by atoms with Crippen LogP contribution in [0.4, 0.5) is 11.4 Å². The van der Waals surface area contributed by atoms with Crippen molar-refractivity contribution in [2.24, 2.45) is 0 Å². The van der Waals surface area contributed by atoms with Gasteiger partial charge in [0, 0.05) is 11.9 Å². The zero-order valence-corrected chi connectivity index (χ0v) is 10.6. The van der Waals surface area contributed by atoms with Crippen molar-refractivity contribution in [1.82, 2.24) is 4.98 Å². The average Bonchev–Trinajstić information content (AvgIpc) is 2.41. The number of nitrogen functional groups attached to an aromatic ring is 1. The average molecular weight is 257 g/mol. The van der Waals surface area contributed by atoms with Gasteiger partial charge in [-0.05, 0) is 43.3 Å². The lowest BCUT2D eigenvalue weighted by molar-refractivity contribution is -0.118. The summed E-state index contributed by atoms with van der Waals surface area (Å²) in [5.74, 6) is 0.375. The molecular formula is C14H15N3O2. The van der Waals surface area contributed by atoms with E-state index in [1.165, 1.54) is 0 Å². The number of carbonyl (C=O) groups excluding carboxylic acids is 1. The minimum absolute atomic E-state index is 0.0573. The summed E-state index contributed by atoms with van der Waals surface area (Å²) in [5, 5.41) is 2.74. The van der Waals surface area contributed by atoms with E-state index in [-0.39, 0.29) is 12.5 Å². The molecule has 1 aromatic carbocycles. The fourth-order valence-electron chi connectivity index (χ4n) is 1.52. The number of aryl methyl sites for hydroxylation is 1. The van der Waals surface area contributed by atoms with Crippen molar-refractivity contribution in [3.8, 4) is 5.75 Å². The molecule has 3 N–H and O–H groups in total. The standard InChI is InChI=1S/C14H15N3O2/c1-10-13(3-2-8-16-10)17-14(18)9-19-12-6-4-11(15)5-7-12/h2-8H,9,15H2,1H3,(H,17,18). The van der Waals surface area contributed by atoms with Crippen molar-refractivity contribution < 1.29 is 9.53 Å². The molecular weight excluding hydrogens is 242 g/mol. The number of aromatic nitrogens is 1. The second-order valence-corrected chi connectivity index (χ2v) is 4.04. The Morgan fingerprint density at radius 1 is 1.32 bits per heavy atom. The fraction of sp³-hybridized carbons (Fsp3) is 0.143. The SMILES string of the molecule is Cc1ncccc1NC(=O)COc1ccc(N)cc1. The van der Waals surface area contributed by atoms with E-state index in [1.54, 1.807) is 42.6 Å². The molecule has 5 heteroatoms. The molecule has 0 fully saturated rings. The first kappa shape index (κ1) is 12.9. The lowest BCUT2D eigenvalue weighted by Gasteiger charge is -2.08. The number of rotatable bonds is 4. The number of anilines is 2. The first-order valence-electron chi connectivity index (χ1n) is 5.85. The molecule has 0 bridgehead atoms. The van der Waals surface area contributed by atoms with Crippen molar-refractivity contribution in [3.05, 3.63) is 48.3 Å². The molecule has 0 saturated heterocycles. The number of nitrogens with zero attached hydrogens (tertiary/aromatic N) is 1. The van der Waals surface area contributed by atoms with E-state index in [1.807, 2.05) is 6.92 Å². The summed E-state index contributed by atoms with van der Waals surface area (Å²) >= 11 is 0. The van der Waals surface area contributed by atoms with E-state index < -0.39 is 0 Å². The number of hydrogen-bond donors (Lipinski definition) is 2. The summed E-state index contributed by atoms with van der Waals surface area (Å²) in [5.41, 5.74) is 7.67. The third-order valence-corrected chi connectivity index (χ3v) is 2.53. The number of benzene rings is 1. The molecule has 0 radical (unpaired) electrons. The minimum atomic E-state index is -0.229. The Labute approximate surface area is 111 Å². The van der Waals surface area contributed by atoms with Gasteiger partial charge in [-0.1, -0.05) is 0 Å². The summed E-state index contributed by atoms with van der Waals surface area (Å²) in [6.45, 7) is 1.77. The smallest absolute Gasteiger partial charge is 0.262 e. The molecule has 1 heterocycles. The summed E-state index contributed by atoms with van der Waals surface area (Å²) in [6, 6.07) is 10.4. The quantitative estimate of drug-likeness (QED) is 0.821. The molecule has 2 aromatic rings. The second kappa shape index (κ2) is 5.86. The van der Waals surface area contributed by atoms with Gasteiger partial charge < -0.3 is 15.8 Å². The predicted octanol–water partition coefficient (Wildman–Crippen LogP) is 1.99. The predicted molar refractivity (Wildman–Crippen MR) is 74.0 cm³/mol. The van der Waals surface area contributed by atoms with Crippen molar-refractivity contribution in [3.63, 3.8) is 0 Å². The maximum Gasteiger partial charge on any atom is 0.262 e. The van der Waals surface area contributed by atoms with Crippen LogP contribution in [0.1, 0.15) is 5.69 Å². The van der Waals surface area contributed by atoms with Gasteiger partial charge in [-0.25, -0.2) is 0 Å². The van der Waals surface area contributed by atoms with Gasteiger partial charge in [-0.15, -0.1) is 0 Å². The van der Waals surface area contributed by atoms with Crippen LogP contribution in [0.25, 0.3) is 0 Å². The monoisotopic (exact) mass is 257 g/mol. The minimum Gasteiger partial charge on any atom is -0.484 e. The molecule has 0 aliphatic carbocycles. The lowest BCUT2D eigenvalue weighted by Crippen LogP contribution is -2.20. The van der Waals surface area contributed by atoms with Gasteiger partial charge in [0.15, 0.2) is 6.61 Å². The van der Waals surface area contributed by atoms with Gasteiger partial charge in [-0.2, -0.15) is 0 Å². The van der Waals surface area contributed by atoms with Crippen molar-refractivity contribution in [2.45, 2.75) is 6.92 Å². The Morgan fingerprint density at radius 2 is 2.05 bits per heavy atom. The van der Waals surface area contributed by atoms with E-state index in [2.05, 4.69) is 10.3 Å². The highest BCUT2D eigenvalue weighted by atomic mass is 16.5. The van der Waals surface area contributed by atoms with Crippen LogP contribution in [0.2, 0.25) is 0 Å². The van der Waals surface area contributed by atoms with Crippen LogP contribution in [0.5, 0.6) is 5.75 Å². The molecule has 5 nitrogen and oxygen atoms in total. The van der Waals surface area contributed by atoms with Crippen LogP contribution >= 0.6 is 0 Å². The Kier molecular flexibility index (Phi) is 3.97. The molecule has 0 atom stereocenters. The van der Waals surface area contributed by atoms with Crippen LogP contribution < -0.4 is 15.8 Å². The van der Waals surface area contributed by atoms with Crippen LogP contribution in [-0.4, -0.2) is 17.5 Å². The van der Waals surface area contributed by atoms with Crippen LogP contribution in [0.15, 0.2) is 42.6 Å². The lowest BCUT2D eigenvalue weighted by atomic mass is 10.3. The molecule has 1 aromatic heterocycles. The molecule has 0 unspecified atom stereocenters. The van der Waals surface area contributed by atoms with Gasteiger partial charge in [0.2, 0.25) is 0 Å². The second-order valence-electron chi connectivity index (χ2n) is 4.04. The van der Waals surface area contributed by atoms with Crippen LogP contribution in [-0.2, 0) is 4.79 Å². The van der Waals surface area contributed by atoms with E-state index >= 15 is 0 Å². The summed E-state index contributed by atoms with van der Waals surface area (Å²) in [6.07, 6.45) is 1.68. The molecule has 98 valence electrons. The molecule has 0 aliphatic heterocycles. The van der Waals surface area contributed by atoms with Crippen LogP contribution in [0, 0.1) is 6.92 Å². The number of amides is 1. The Bertz CT molecular complexity index is 567. The van der Waals surface area contributed by atoms with Crippen molar-refractivity contribution in [1.29, 1.82) is 0 Å². The first-order valence-corrected chi connectivity index (χ1v) is 5.85. The van der Waals surface area contributed by atoms with Gasteiger partial charge >= 0.3 is 0 Å². The Morgan fingerprint density at radius 3 is 2.74 bits per heavy atom. The third-order valence-electron chi connectivity index (χ3n) is 2.53. The maximum atomic E-state index is 11.7. The number of ether oxygens (including phenoxy) is 1. The molecule has 0 spiro atoms. The summed E-state index contributed by atoms with van der Waals surface area (Å²) < 4.78 is 5.35. The van der Waals surface area contributed by atoms with Gasteiger partial charge in [-0.3, -0.25) is 9.78 Å². The molecule has 19 heavy (non-hydrogen) atoms. The van der Waals surface area contributed by atoms with E-state index in [4.69, 9.17) is 10.5 Å². The number of nitrogens with two attached hydrogens (primary N) is 1. The third kappa shape index (κ3) is 3.70. The van der Waals surface area contributed by atoms with Crippen LogP contribution in [0.3, 0.4) is 0 Å². The molecule has 0 saturated carbocycles. The number of nitrogens with one attached hydrogen (secondary N) is 1. The number of pyridine rings is 1. The summed E-state index contributed by atoms with van der Waals surface area (Å²) in [7, 11) is 0. The normalized spacial score (nSPS) is 9.95. The van der Waals surface area contributed by atoms with Crippen molar-refractivity contribution >= 4 is 17.3 Å². The van der Waals surface area contributed by atoms with Gasteiger partial charge in [0.25, 0.3) is 5.91 Å². The van der Waals surface area contributed by atoms with E-state index in [0.717, 1.165) is 5.69 Å². The van der Waals surface area contributed by atoms with Gasteiger partial charge in [0.05, 0.1) is 11.4 Å². The molecule has 1 amide bonds. The van der Waals surface area contributed by atoms with Gasteiger partial charge in [0.1, 0.15) is 5.75 Å². The Hall–Kier alpha value is -2.56. The van der Waals surface area contributed by atoms with Crippen molar-refractivity contribution in [2.75, 3.05) is 17.7 Å². The number of hydrogen-bond acceptors (Lipinski definition) is 4. The first-order chi connectivity index (χ1) is 9.15. The maximum absolute atomic E-state index is 11.7. The zero-order valence-electron chi connectivity index (χ0n) is 10.6. The highest BCUT2D eigenvalue weighted by Crippen LogP contribution is 2.13. The topological polar surface area (TPSA) is 77.2 Å². The Balaban J connectivity index is 1.88. The number of carbonyl (C=O) groups is 1. The molecule has 0 aliphatic rings. The van der Waals surface area contributed by atoms with E-state index in [0.29, 0.717) is 17.1 Å².